The number of hydrogen-bond acceptors (Lipinski definition) is 7. The van der Waals surface area contributed by atoms with E-state index in [1.165, 1.54) is 11.3 Å². The maximum absolute atomic E-state index is 13.3. The molecule has 0 aliphatic carbocycles. The van der Waals surface area contributed by atoms with Crippen LogP contribution in [0.2, 0.25) is 0 Å². The van der Waals surface area contributed by atoms with Crippen molar-refractivity contribution in [2.45, 2.75) is 31.4 Å². The molecule has 8 heteroatoms. The summed E-state index contributed by atoms with van der Waals surface area (Å²) in [7, 11) is 1.69. The van der Waals surface area contributed by atoms with Gasteiger partial charge in [0.05, 0.1) is 31.4 Å². The molecular formula is C23H29N5O3. The number of amides is 1. The Hall–Kier alpha value is -2.87. The van der Waals surface area contributed by atoms with E-state index in [-0.39, 0.29) is 24.0 Å². The largest absolute Gasteiger partial charge is 0.497 e. The second-order valence-corrected chi connectivity index (χ2v) is 8.46. The molecule has 31 heavy (non-hydrogen) atoms. The summed E-state index contributed by atoms with van der Waals surface area (Å²) in [5.41, 5.74) is 2.37. The topological polar surface area (TPSA) is 79.8 Å². The van der Waals surface area contributed by atoms with Crippen molar-refractivity contribution < 1.29 is 14.3 Å². The van der Waals surface area contributed by atoms with Gasteiger partial charge in [-0.2, -0.15) is 0 Å². The van der Waals surface area contributed by atoms with Gasteiger partial charge < -0.3 is 24.6 Å². The average molecular weight is 424 g/mol. The molecule has 5 rings (SSSR count). The maximum Gasteiger partial charge on any atom is 0.225 e. The molecule has 1 aromatic heterocycles. The third-order valence-electron chi connectivity index (χ3n) is 6.66. The highest BCUT2D eigenvalue weighted by Gasteiger charge is 2.42. The van der Waals surface area contributed by atoms with Crippen LogP contribution in [0, 0.1) is 5.92 Å². The molecule has 8 nitrogen and oxygen atoms in total. The lowest BCUT2D eigenvalue weighted by atomic mass is 9.83. The lowest BCUT2D eigenvalue weighted by Gasteiger charge is -2.49. The number of nitrogens with zero attached hydrogens (tertiary/aromatic N) is 4. The van der Waals surface area contributed by atoms with Crippen LogP contribution in [0.15, 0.2) is 36.8 Å². The first-order chi connectivity index (χ1) is 15.2. The Kier molecular flexibility index (Phi) is 5.63. The Balaban J connectivity index is 1.40. The summed E-state index contributed by atoms with van der Waals surface area (Å²) in [4.78, 5) is 26.6. The molecule has 1 aromatic carbocycles. The number of carbonyl (C=O) groups excluding carboxylic acids is 1. The zero-order valence-corrected chi connectivity index (χ0v) is 17.9. The van der Waals surface area contributed by atoms with Gasteiger partial charge in [0.1, 0.15) is 11.6 Å². The van der Waals surface area contributed by atoms with E-state index in [2.05, 4.69) is 37.2 Å². The Morgan fingerprint density at radius 1 is 1.32 bits per heavy atom. The summed E-state index contributed by atoms with van der Waals surface area (Å²) in [5.74, 6) is 1.67. The van der Waals surface area contributed by atoms with Crippen molar-refractivity contribution in [2.75, 3.05) is 49.7 Å². The number of ether oxygens (including phenoxy) is 2. The second kappa shape index (κ2) is 8.70. The fraction of sp³-hybridized carbons (Fsp3) is 0.522. The van der Waals surface area contributed by atoms with Crippen LogP contribution in [0.1, 0.15) is 18.4 Å². The zero-order valence-electron chi connectivity index (χ0n) is 17.9. The van der Waals surface area contributed by atoms with E-state index in [0.29, 0.717) is 13.0 Å². The second-order valence-electron chi connectivity index (χ2n) is 8.46. The molecule has 164 valence electrons. The maximum atomic E-state index is 13.3. The molecule has 2 aromatic rings. The number of hydrogen-bond donors (Lipinski definition) is 1. The number of methoxy groups -OCH3 is 1. The SMILES string of the molecule is COc1ccc2c(c1)N1CCN(c3cnccn3)C[C@@H]1[C@@H](C(=O)NC[C@@H]1CCCO1)C2. The minimum absolute atomic E-state index is 0.0554. The van der Waals surface area contributed by atoms with Crippen LogP contribution in [0.25, 0.3) is 0 Å². The van der Waals surface area contributed by atoms with Crippen molar-refractivity contribution >= 4 is 17.4 Å². The first kappa shape index (κ1) is 20.1. The number of carbonyl (C=O) groups is 1. The van der Waals surface area contributed by atoms with Gasteiger partial charge in [0.15, 0.2) is 0 Å². The number of benzene rings is 1. The zero-order chi connectivity index (χ0) is 21.2. The van der Waals surface area contributed by atoms with E-state index < -0.39 is 0 Å². The summed E-state index contributed by atoms with van der Waals surface area (Å²) in [5, 5.41) is 3.17. The molecule has 2 fully saturated rings. The summed E-state index contributed by atoms with van der Waals surface area (Å²) >= 11 is 0. The van der Waals surface area contributed by atoms with Crippen molar-refractivity contribution in [3.05, 3.63) is 42.4 Å². The van der Waals surface area contributed by atoms with Crippen LogP contribution in [-0.2, 0) is 16.0 Å². The first-order valence-corrected chi connectivity index (χ1v) is 11.1. The quantitative estimate of drug-likeness (QED) is 0.783. The number of anilines is 2. The van der Waals surface area contributed by atoms with E-state index in [9.17, 15) is 4.79 Å². The van der Waals surface area contributed by atoms with E-state index in [1.54, 1.807) is 25.7 Å². The highest BCUT2D eigenvalue weighted by Crippen LogP contribution is 2.38. The van der Waals surface area contributed by atoms with Crippen LogP contribution >= 0.6 is 0 Å². The van der Waals surface area contributed by atoms with Gasteiger partial charge in [-0.3, -0.25) is 9.78 Å². The third kappa shape index (κ3) is 4.04. The number of nitrogens with one attached hydrogen (secondary N) is 1. The van der Waals surface area contributed by atoms with Gasteiger partial charge in [-0.1, -0.05) is 6.07 Å². The molecule has 0 radical (unpaired) electrons. The normalized spacial score (nSPS) is 25.0. The van der Waals surface area contributed by atoms with Crippen LogP contribution in [0.4, 0.5) is 11.5 Å². The van der Waals surface area contributed by atoms with Crippen LogP contribution in [0.3, 0.4) is 0 Å². The lowest BCUT2D eigenvalue weighted by Crippen LogP contribution is -2.61. The minimum Gasteiger partial charge on any atom is -0.497 e. The minimum atomic E-state index is -0.137. The Bertz CT molecular complexity index is 919. The van der Waals surface area contributed by atoms with Gasteiger partial charge in [0.25, 0.3) is 0 Å². The first-order valence-electron chi connectivity index (χ1n) is 11.1. The van der Waals surface area contributed by atoms with Gasteiger partial charge in [0, 0.05) is 56.9 Å². The van der Waals surface area contributed by atoms with Crippen molar-refractivity contribution in [3.8, 4) is 5.75 Å². The van der Waals surface area contributed by atoms with E-state index in [0.717, 1.165) is 50.7 Å². The molecule has 3 aliphatic rings. The number of piperazine rings is 1. The Morgan fingerprint density at radius 2 is 2.26 bits per heavy atom. The Morgan fingerprint density at radius 3 is 3.03 bits per heavy atom. The molecule has 0 spiro atoms. The lowest BCUT2D eigenvalue weighted by molar-refractivity contribution is -0.126. The third-order valence-corrected chi connectivity index (χ3v) is 6.66. The fourth-order valence-corrected chi connectivity index (χ4v) is 5.02. The van der Waals surface area contributed by atoms with Crippen LogP contribution in [0.5, 0.6) is 5.75 Å². The van der Waals surface area contributed by atoms with Crippen LogP contribution in [-0.4, -0.2) is 67.9 Å². The highest BCUT2D eigenvalue weighted by molar-refractivity contribution is 5.82. The summed E-state index contributed by atoms with van der Waals surface area (Å²) in [6, 6.07) is 6.23. The van der Waals surface area contributed by atoms with Crippen molar-refractivity contribution in [2.24, 2.45) is 5.92 Å². The molecule has 1 amide bonds. The molecule has 0 saturated carbocycles. The van der Waals surface area contributed by atoms with E-state index >= 15 is 0 Å². The number of aromatic nitrogens is 2. The molecule has 3 aliphatic heterocycles. The molecule has 1 N–H and O–H groups in total. The monoisotopic (exact) mass is 423 g/mol. The average Bonchev–Trinajstić information content (AvgIpc) is 3.35. The fourth-order valence-electron chi connectivity index (χ4n) is 5.02. The standard InChI is InChI=1S/C23H29N5O3/c1-30-17-5-4-16-11-19(23(29)26-13-18-3-2-10-31-18)21-15-27(22-14-24-6-7-25-22)8-9-28(21)20(16)12-17/h4-7,12,14,18-19,21H,2-3,8-11,13,15H2,1H3,(H,26,29)/t18-,19-,21+/m0/s1. The van der Waals surface area contributed by atoms with Gasteiger partial charge >= 0.3 is 0 Å². The summed E-state index contributed by atoms with van der Waals surface area (Å²) < 4.78 is 11.2. The van der Waals surface area contributed by atoms with Gasteiger partial charge in [-0.25, -0.2) is 4.98 Å². The van der Waals surface area contributed by atoms with Gasteiger partial charge in [0.2, 0.25) is 5.91 Å². The predicted molar refractivity (Wildman–Crippen MR) is 118 cm³/mol. The van der Waals surface area contributed by atoms with Crippen molar-refractivity contribution in [1.82, 2.24) is 15.3 Å². The molecule has 2 saturated heterocycles. The number of rotatable bonds is 5. The highest BCUT2D eigenvalue weighted by atomic mass is 16.5. The molecular weight excluding hydrogens is 394 g/mol. The van der Waals surface area contributed by atoms with Crippen LogP contribution < -0.4 is 19.9 Å². The molecule has 3 atom stereocenters. The van der Waals surface area contributed by atoms with E-state index in [1.807, 2.05) is 6.07 Å². The predicted octanol–water partition coefficient (Wildman–Crippen LogP) is 1.65. The van der Waals surface area contributed by atoms with Crippen molar-refractivity contribution in [3.63, 3.8) is 0 Å². The number of fused-ring (bicyclic) bond motifs is 3. The van der Waals surface area contributed by atoms with E-state index in [4.69, 9.17) is 9.47 Å². The molecule has 4 heterocycles. The van der Waals surface area contributed by atoms with Gasteiger partial charge in [-0.05, 0) is 30.9 Å². The smallest absolute Gasteiger partial charge is 0.225 e. The summed E-state index contributed by atoms with van der Waals surface area (Å²) in [6.45, 7) is 3.76. The molecule has 0 bridgehead atoms. The van der Waals surface area contributed by atoms with Gasteiger partial charge in [-0.15, -0.1) is 0 Å². The van der Waals surface area contributed by atoms with Crippen molar-refractivity contribution in [1.29, 1.82) is 0 Å². The Labute approximate surface area is 182 Å². The molecule has 0 unspecified atom stereocenters. The summed E-state index contributed by atoms with van der Waals surface area (Å²) in [6.07, 6.45) is 8.14.